The maximum Gasteiger partial charge on any atom is 0.308 e. The third-order valence-corrected chi connectivity index (χ3v) is 10.0. The van der Waals surface area contributed by atoms with Crippen LogP contribution in [-0.4, -0.2) is 25.8 Å². The van der Waals surface area contributed by atoms with Crippen LogP contribution in [0.1, 0.15) is 35.6 Å². The summed E-state index contributed by atoms with van der Waals surface area (Å²) in [4.78, 5) is 31.2. The van der Waals surface area contributed by atoms with Gasteiger partial charge in [-0.2, -0.15) is 0 Å². The zero-order valence-electron chi connectivity index (χ0n) is 17.3. The standard InChI is InChI=1S/C24H23N3O3S2/c28-17-7-5-16(6-8-17)26-18(29)12-27-23-22(32-24(27)30)20(15-2-1-9-25-11-15)19-13-3-4-14(10-13)21(19)31-23/h1-2,5-9,11,13-14,19-21,28H,3-4,10,12H2,(H,26,29)/t13?,14?,19?,20-,21?/m0/s1. The molecule has 6 nitrogen and oxygen atoms in total. The second-order valence-electron chi connectivity index (χ2n) is 8.98. The number of carbonyl (C=O) groups excluding carboxylic acids is 1. The van der Waals surface area contributed by atoms with E-state index >= 15 is 0 Å². The third kappa shape index (κ3) is 3.28. The number of anilines is 1. The molecule has 0 radical (unpaired) electrons. The lowest BCUT2D eigenvalue weighted by molar-refractivity contribution is -0.116. The first-order valence-corrected chi connectivity index (χ1v) is 12.7. The molecule has 5 atom stereocenters. The van der Waals surface area contributed by atoms with Crippen molar-refractivity contribution in [3.8, 4) is 5.75 Å². The summed E-state index contributed by atoms with van der Waals surface area (Å²) in [5, 5.41) is 13.7. The number of nitrogens with zero attached hydrogens (tertiary/aromatic N) is 2. The summed E-state index contributed by atoms with van der Waals surface area (Å²) in [5.74, 6) is 2.01. The van der Waals surface area contributed by atoms with Crippen molar-refractivity contribution in [2.24, 2.45) is 17.8 Å². The summed E-state index contributed by atoms with van der Waals surface area (Å²) in [6, 6.07) is 10.4. The van der Waals surface area contributed by atoms with Gasteiger partial charge in [-0.3, -0.25) is 19.1 Å². The average molecular weight is 466 g/mol. The molecule has 3 aromatic rings. The number of fused-ring (bicyclic) bond motifs is 6. The number of carbonyl (C=O) groups is 1. The number of thiazole rings is 1. The molecule has 2 saturated carbocycles. The highest BCUT2D eigenvalue weighted by Gasteiger charge is 2.55. The van der Waals surface area contributed by atoms with Crippen molar-refractivity contribution in [1.82, 2.24) is 9.55 Å². The minimum Gasteiger partial charge on any atom is -0.508 e. The molecule has 1 aromatic carbocycles. The minimum absolute atomic E-state index is 0.0101. The lowest BCUT2D eigenvalue weighted by Gasteiger charge is -2.40. The van der Waals surface area contributed by atoms with Crippen molar-refractivity contribution in [3.05, 3.63) is 68.9 Å². The average Bonchev–Trinajstić information content (AvgIpc) is 3.49. The highest BCUT2D eigenvalue weighted by molar-refractivity contribution is 8.00. The lowest BCUT2D eigenvalue weighted by Crippen LogP contribution is -2.34. The Morgan fingerprint density at radius 2 is 2.00 bits per heavy atom. The van der Waals surface area contributed by atoms with Crippen molar-refractivity contribution < 1.29 is 9.90 Å². The predicted molar refractivity (Wildman–Crippen MR) is 125 cm³/mol. The topological polar surface area (TPSA) is 84.2 Å². The van der Waals surface area contributed by atoms with Crippen LogP contribution in [-0.2, 0) is 11.3 Å². The number of aromatic hydroxyl groups is 1. The molecule has 8 heteroatoms. The minimum atomic E-state index is -0.244. The van der Waals surface area contributed by atoms with E-state index in [2.05, 4.69) is 16.4 Å². The van der Waals surface area contributed by atoms with Gasteiger partial charge < -0.3 is 10.4 Å². The van der Waals surface area contributed by atoms with Crippen molar-refractivity contribution in [2.45, 2.75) is 42.0 Å². The third-order valence-electron chi connectivity index (χ3n) is 7.19. The first kappa shape index (κ1) is 20.1. The summed E-state index contributed by atoms with van der Waals surface area (Å²) in [5.41, 5.74) is 1.78. The summed E-state index contributed by atoms with van der Waals surface area (Å²) in [6.07, 6.45) is 7.56. The number of pyridine rings is 1. The Kier molecular flexibility index (Phi) is 4.87. The fourth-order valence-electron chi connectivity index (χ4n) is 5.91. The number of hydrogen-bond donors (Lipinski definition) is 2. The molecule has 2 aliphatic carbocycles. The normalized spacial score (nSPS) is 27.7. The summed E-state index contributed by atoms with van der Waals surface area (Å²) < 4.78 is 1.66. The van der Waals surface area contributed by atoms with Gasteiger partial charge in [-0.1, -0.05) is 17.4 Å². The number of phenols is 1. The Morgan fingerprint density at radius 3 is 2.78 bits per heavy atom. The van der Waals surface area contributed by atoms with Gasteiger partial charge >= 0.3 is 4.87 Å². The zero-order chi connectivity index (χ0) is 21.8. The molecular formula is C24H23N3O3S2. The zero-order valence-corrected chi connectivity index (χ0v) is 18.9. The van der Waals surface area contributed by atoms with Gasteiger partial charge in [0.1, 0.15) is 12.3 Å². The molecule has 32 heavy (non-hydrogen) atoms. The summed E-state index contributed by atoms with van der Waals surface area (Å²) in [6.45, 7) is -0.0101. The van der Waals surface area contributed by atoms with E-state index in [4.69, 9.17) is 0 Å². The lowest BCUT2D eigenvalue weighted by atomic mass is 9.75. The van der Waals surface area contributed by atoms with Gasteiger partial charge in [0.2, 0.25) is 5.91 Å². The smallest absolute Gasteiger partial charge is 0.308 e. The number of amides is 1. The number of hydrogen-bond acceptors (Lipinski definition) is 6. The molecule has 3 heterocycles. The van der Waals surface area contributed by atoms with E-state index < -0.39 is 0 Å². The van der Waals surface area contributed by atoms with Crippen LogP contribution in [0.25, 0.3) is 0 Å². The highest BCUT2D eigenvalue weighted by Crippen LogP contribution is 2.63. The van der Waals surface area contributed by atoms with E-state index in [1.807, 2.05) is 24.0 Å². The Labute approximate surface area is 193 Å². The van der Waals surface area contributed by atoms with Gasteiger partial charge in [-0.25, -0.2) is 0 Å². The molecule has 2 aromatic heterocycles. The van der Waals surface area contributed by atoms with Crippen LogP contribution in [0.15, 0.2) is 58.6 Å². The van der Waals surface area contributed by atoms with Crippen LogP contribution in [0.2, 0.25) is 0 Å². The van der Waals surface area contributed by atoms with E-state index in [0.29, 0.717) is 28.7 Å². The number of phenolic OH excluding ortho intramolecular Hbond substituents is 1. The number of rotatable bonds is 4. The SMILES string of the molecule is O=C(Cn1c2c(sc1=O)[C@@H](c1cccnc1)C1C3CCC(C3)C1S2)Nc1ccc(O)cc1. The molecule has 4 unspecified atom stereocenters. The van der Waals surface area contributed by atoms with Crippen LogP contribution in [0, 0.1) is 17.8 Å². The Balaban J connectivity index is 1.35. The van der Waals surface area contributed by atoms with E-state index in [1.54, 1.807) is 22.9 Å². The maximum absolute atomic E-state index is 13.1. The van der Waals surface area contributed by atoms with Crippen molar-refractivity contribution in [1.29, 1.82) is 0 Å². The van der Waals surface area contributed by atoms with E-state index in [0.717, 1.165) is 9.90 Å². The molecule has 2 fully saturated rings. The molecule has 2 bridgehead atoms. The Bertz CT molecular complexity index is 1220. The number of aromatic nitrogens is 2. The monoisotopic (exact) mass is 465 g/mol. The molecular weight excluding hydrogens is 442 g/mol. The molecule has 1 amide bonds. The van der Waals surface area contributed by atoms with Crippen molar-refractivity contribution in [3.63, 3.8) is 0 Å². The van der Waals surface area contributed by atoms with Gasteiger partial charge in [0.15, 0.2) is 0 Å². The maximum atomic E-state index is 13.1. The number of benzene rings is 1. The molecule has 6 rings (SSSR count). The second-order valence-corrected chi connectivity index (χ2v) is 11.1. The molecule has 0 saturated heterocycles. The molecule has 1 aliphatic heterocycles. The van der Waals surface area contributed by atoms with Gasteiger partial charge in [0, 0.05) is 34.1 Å². The van der Waals surface area contributed by atoms with Gasteiger partial charge in [0.25, 0.3) is 0 Å². The Morgan fingerprint density at radius 1 is 1.19 bits per heavy atom. The molecule has 0 spiro atoms. The van der Waals surface area contributed by atoms with Crippen LogP contribution >= 0.6 is 23.1 Å². The fraction of sp³-hybridized carbons (Fsp3) is 0.375. The number of nitrogens with one attached hydrogen (secondary N) is 1. The first-order chi connectivity index (χ1) is 15.6. The molecule has 164 valence electrons. The van der Waals surface area contributed by atoms with Crippen LogP contribution in [0.4, 0.5) is 5.69 Å². The van der Waals surface area contributed by atoms with Crippen molar-refractivity contribution >= 4 is 34.7 Å². The first-order valence-electron chi connectivity index (χ1n) is 11.0. The predicted octanol–water partition coefficient (Wildman–Crippen LogP) is 4.30. The largest absolute Gasteiger partial charge is 0.508 e. The summed E-state index contributed by atoms with van der Waals surface area (Å²) >= 11 is 3.12. The van der Waals surface area contributed by atoms with Crippen LogP contribution in [0.3, 0.4) is 0 Å². The fourth-order valence-corrected chi connectivity index (χ4v) is 9.06. The van der Waals surface area contributed by atoms with Crippen LogP contribution < -0.4 is 10.2 Å². The van der Waals surface area contributed by atoms with E-state index in [9.17, 15) is 14.7 Å². The number of thioether (sulfide) groups is 1. The second kappa shape index (κ2) is 7.78. The van der Waals surface area contributed by atoms with Gasteiger partial charge in [-0.15, -0.1) is 11.8 Å². The molecule has 3 aliphatic rings. The summed E-state index contributed by atoms with van der Waals surface area (Å²) in [7, 11) is 0. The van der Waals surface area contributed by atoms with E-state index in [-0.39, 0.29) is 29.0 Å². The van der Waals surface area contributed by atoms with Gasteiger partial charge in [0.05, 0.1) is 5.03 Å². The highest BCUT2D eigenvalue weighted by atomic mass is 32.2. The Hall–Kier alpha value is -2.58. The van der Waals surface area contributed by atoms with Crippen LogP contribution in [0.5, 0.6) is 5.75 Å². The quantitative estimate of drug-likeness (QED) is 0.561. The molecule has 2 N–H and O–H groups in total. The van der Waals surface area contributed by atoms with E-state index in [1.165, 1.54) is 48.3 Å². The van der Waals surface area contributed by atoms with Crippen molar-refractivity contribution in [2.75, 3.05) is 5.32 Å². The van der Waals surface area contributed by atoms with Gasteiger partial charge in [-0.05, 0) is 72.9 Å².